The van der Waals surface area contributed by atoms with Gasteiger partial charge in [0.2, 0.25) is 5.88 Å². The molecule has 0 aliphatic carbocycles. The SMILES string of the molecule is CCc1nccc(-c2cccnc2Oc2ccc(NC(=O)Nc3ccnn3CC)cc2)n1. The second-order valence-corrected chi connectivity index (χ2v) is 6.81. The Morgan fingerprint density at radius 2 is 1.81 bits per heavy atom. The standard InChI is InChI=1S/C23H23N7O2/c1-3-20-24-14-11-19(28-20)18-6-5-13-25-22(18)32-17-9-7-16(8-10-17)27-23(31)29-21-12-15-26-30(21)4-2/h5-15H,3-4H2,1-2H3,(H2,27,29,31). The molecule has 4 rings (SSSR count). The van der Waals surface area contributed by atoms with Crippen molar-refractivity contribution in [2.75, 3.05) is 10.6 Å². The van der Waals surface area contributed by atoms with Gasteiger partial charge < -0.3 is 10.1 Å². The van der Waals surface area contributed by atoms with Gasteiger partial charge in [0.05, 0.1) is 17.5 Å². The van der Waals surface area contributed by atoms with Crippen LogP contribution < -0.4 is 15.4 Å². The zero-order valence-corrected chi connectivity index (χ0v) is 17.8. The topological polar surface area (TPSA) is 107 Å². The Morgan fingerprint density at radius 3 is 2.59 bits per heavy atom. The van der Waals surface area contributed by atoms with E-state index in [2.05, 4.69) is 30.7 Å². The fourth-order valence-corrected chi connectivity index (χ4v) is 3.07. The molecule has 9 heteroatoms. The lowest BCUT2D eigenvalue weighted by atomic mass is 10.2. The predicted octanol–water partition coefficient (Wildman–Crippen LogP) is 4.75. The van der Waals surface area contributed by atoms with Gasteiger partial charge in [-0.05, 0) is 49.4 Å². The molecule has 0 unspecified atom stereocenters. The number of urea groups is 1. The minimum atomic E-state index is -0.351. The highest BCUT2D eigenvalue weighted by Crippen LogP contribution is 2.30. The zero-order valence-electron chi connectivity index (χ0n) is 17.8. The second-order valence-electron chi connectivity index (χ2n) is 6.81. The molecule has 0 radical (unpaired) electrons. The molecule has 1 aromatic carbocycles. The number of carbonyl (C=O) groups is 1. The highest BCUT2D eigenvalue weighted by molar-refractivity contribution is 5.99. The summed E-state index contributed by atoms with van der Waals surface area (Å²) in [6, 6.07) is 14.0. The van der Waals surface area contributed by atoms with E-state index >= 15 is 0 Å². The number of nitrogens with zero attached hydrogens (tertiary/aromatic N) is 5. The third kappa shape index (κ3) is 4.89. The van der Waals surface area contributed by atoms with Gasteiger partial charge in [0.15, 0.2) is 0 Å². The van der Waals surface area contributed by atoms with Gasteiger partial charge >= 0.3 is 6.03 Å². The molecular weight excluding hydrogens is 406 g/mol. The van der Waals surface area contributed by atoms with Crippen LogP contribution >= 0.6 is 0 Å². The average Bonchev–Trinajstić information content (AvgIpc) is 3.27. The summed E-state index contributed by atoms with van der Waals surface area (Å²) >= 11 is 0. The lowest BCUT2D eigenvalue weighted by Crippen LogP contribution is -2.21. The van der Waals surface area contributed by atoms with Crippen LogP contribution in [0.4, 0.5) is 16.3 Å². The molecular formula is C23H23N7O2. The van der Waals surface area contributed by atoms with E-state index in [1.165, 1.54) is 0 Å². The minimum Gasteiger partial charge on any atom is -0.438 e. The number of pyridine rings is 1. The van der Waals surface area contributed by atoms with Crippen LogP contribution in [-0.2, 0) is 13.0 Å². The van der Waals surface area contributed by atoms with E-state index in [9.17, 15) is 4.79 Å². The molecule has 2 N–H and O–H groups in total. The fourth-order valence-electron chi connectivity index (χ4n) is 3.07. The Balaban J connectivity index is 1.45. The van der Waals surface area contributed by atoms with E-state index in [0.29, 0.717) is 29.7 Å². The van der Waals surface area contributed by atoms with Crippen LogP contribution in [-0.4, -0.2) is 30.8 Å². The molecule has 0 saturated heterocycles. The molecule has 3 heterocycles. The highest BCUT2D eigenvalue weighted by atomic mass is 16.5. The van der Waals surface area contributed by atoms with Crippen LogP contribution in [0, 0.1) is 0 Å². The third-order valence-electron chi connectivity index (χ3n) is 4.65. The van der Waals surface area contributed by atoms with E-state index < -0.39 is 0 Å². The van der Waals surface area contributed by atoms with Gasteiger partial charge in [-0.3, -0.25) is 5.32 Å². The Labute approximate surface area is 185 Å². The molecule has 4 aromatic rings. The first kappa shape index (κ1) is 21.0. The average molecular weight is 429 g/mol. The summed E-state index contributed by atoms with van der Waals surface area (Å²) in [5.41, 5.74) is 2.15. The third-order valence-corrected chi connectivity index (χ3v) is 4.65. The number of rotatable bonds is 7. The zero-order chi connectivity index (χ0) is 22.3. The summed E-state index contributed by atoms with van der Waals surface area (Å²) in [6.45, 7) is 4.63. The van der Waals surface area contributed by atoms with Crippen molar-refractivity contribution >= 4 is 17.5 Å². The van der Waals surface area contributed by atoms with Gasteiger partial charge in [-0.15, -0.1) is 0 Å². The van der Waals surface area contributed by atoms with Crippen molar-refractivity contribution in [2.45, 2.75) is 26.8 Å². The van der Waals surface area contributed by atoms with Crippen LogP contribution in [0.3, 0.4) is 0 Å². The molecule has 9 nitrogen and oxygen atoms in total. The van der Waals surface area contributed by atoms with Crippen LogP contribution in [0.5, 0.6) is 11.6 Å². The lowest BCUT2D eigenvalue weighted by molar-refractivity contribution is 0.262. The molecule has 0 spiro atoms. The van der Waals surface area contributed by atoms with Gasteiger partial charge in [-0.2, -0.15) is 5.10 Å². The van der Waals surface area contributed by atoms with Crippen molar-refractivity contribution in [3.05, 3.63) is 72.9 Å². The van der Waals surface area contributed by atoms with Gasteiger partial charge in [0.1, 0.15) is 17.4 Å². The number of carbonyl (C=O) groups excluding carboxylic acids is 1. The molecule has 3 aromatic heterocycles. The second kappa shape index (κ2) is 9.69. The first-order valence-corrected chi connectivity index (χ1v) is 10.3. The highest BCUT2D eigenvalue weighted by Gasteiger charge is 2.11. The number of amides is 2. The Kier molecular flexibility index (Phi) is 6.35. The molecule has 32 heavy (non-hydrogen) atoms. The fraction of sp³-hybridized carbons (Fsp3) is 0.174. The van der Waals surface area contributed by atoms with Crippen LogP contribution in [0.2, 0.25) is 0 Å². The number of aryl methyl sites for hydroxylation is 2. The number of hydrogen-bond donors (Lipinski definition) is 2. The van der Waals surface area contributed by atoms with Crippen molar-refractivity contribution in [3.63, 3.8) is 0 Å². The minimum absolute atomic E-state index is 0.351. The van der Waals surface area contributed by atoms with Crippen molar-refractivity contribution < 1.29 is 9.53 Å². The number of aromatic nitrogens is 5. The van der Waals surface area contributed by atoms with Crippen molar-refractivity contribution in [2.24, 2.45) is 0 Å². The summed E-state index contributed by atoms with van der Waals surface area (Å²) in [5.74, 6) is 2.42. The first-order chi connectivity index (χ1) is 15.7. The Hall–Kier alpha value is -4.27. The summed E-state index contributed by atoms with van der Waals surface area (Å²) in [5, 5.41) is 9.70. The summed E-state index contributed by atoms with van der Waals surface area (Å²) < 4.78 is 7.70. The number of benzene rings is 1. The monoisotopic (exact) mass is 429 g/mol. The van der Waals surface area contributed by atoms with Gasteiger partial charge in [-0.1, -0.05) is 6.92 Å². The summed E-state index contributed by atoms with van der Waals surface area (Å²) in [4.78, 5) is 25.4. The molecule has 0 bridgehead atoms. The Bertz CT molecular complexity index is 1200. The van der Waals surface area contributed by atoms with E-state index in [-0.39, 0.29) is 6.03 Å². The Morgan fingerprint density at radius 1 is 0.969 bits per heavy atom. The molecule has 2 amide bonds. The van der Waals surface area contributed by atoms with Gasteiger partial charge in [0.25, 0.3) is 0 Å². The number of anilines is 2. The molecule has 0 fully saturated rings. The van der Waals surface area contributed by atoms with E-state index in [1.807, 2.05) is 32.0 Å². The smallest absolute Gasteiger partial charge is 0.324 e. The maximum absolute atomic E-state index is 12.3. The predicted molar refractivity (Wildman–Crippen MR) is 122 cm³/mol. The maximum Gasteiger partial charge on any atom is 0.324 e. The number of ether oxygens (including phenoxy) is 1. The molecule has 0 aliphatic heterocycles. The summed E-state index contributed by atoms with van der Waals surface area (Å²) in [6.07, 6.45) is 5.79. The molecule has 0 aliphatic rings. The maximum atomic E-state index is 12.3. The lowest BCUT2D eigenvalue weighted by Gasteiger charge is -2.11. The van der Waals surface area contributed by atoms with Crippen molar-refractivity contribution in [1.82, 2.24) is 24.7 Å². The van der Waals surface area contributed by atoms with Crippen LogP contribution in [0.1, 0.15) is 19.7 Å². The quantitative estimate of drug-likeness (QED) is 0.439. The van der Waals surface area contributed by atoms with Crippen molar-refractivity contribution in [1.29, 1.82) is 0 Å². The van der Waals surface area contributed by atoms with Crippen molar-refractivity contribution in [3.8, 4) is 22.9 Å². The normalized spacial score (nSPS) is 10.6. The molecule has 162 valence electrons. The first-order valence-electron chi connectivity index (χ1n) is 10.3. The number of hydrogen-bond acceptors (Lipinski definition) is 6. The number of nitrogens with one attached hydrogen (secondary N) is 2. The van der Waals surface area contributed by atoms with Gasteiger partial charge in [0, 0.05) is 37.1 Å². The van der Waals surface area contributed by atoms with Gasteiger partial charge in [-0.25, -0.2) is 24.4 Å². The van der Waals surface area contributed by atoms with E-state index in [4.69, 9.17) is 4.74 Å². The molecule has 0 saturated carbocycles. The van der Waals surface area contributed by atoms with E-state index in [1.54, 1.807) is 53.6 Å². The van der Waals surface area contributed by atoms with E-state index in [0.717, 1.165) is 23.5 Å². The molecule has 0 atom stereocenters. The van der Waals surface area contributed by atoms with Crippen LogP contribution in [0.25, 0.3) is 11.3 Å². The summed E-state index contributed by atoms with van der Waals surface area (Å²) in [7, 11) is 0. The van der Waals surface area contributed by atoms with Crippen LogP contribution in [0.15, 0.2) is 67.1 Å². The largest absolute Gasteiger partial charge is 0.438 e.